The minimum absolute atomic E-state index is 0.148. The van der Waals surface area contributed by atoms with E-state index in [9.17, 15) is 24.2 Å². The van der Waals surface area contributed by atoms with E-state index in [1.807, 2.05) is 32.9 Å². The van der Waals surface area contributed by atoms with Gasteiger partial charge in [-0.3, -0.25) is 14.6 Å². The molecule has 0 aliphatic heterocycles. The predicted octanol–water partition coefficient (Wildman–Crippen LogP) is 3.37. The summed E-state index contributed by atoms with van der Waals surface area (Å²) in [6.45, 7) is 5.92. The molecule has 9 nitrogen and oxygen atoms in total. The fourth-order valence-corrected chi connectivity index (χ4v) is 3.83. The number of carbonyl (C=O) groups is 2. The standard InChI is InChI=1S/C27H31FN4O5/c1-16(2)25-23(11-10-21(33)12-22(34)13-24(35)36)32(20-8-6-19(28)7-9-20)31-26(25)27(37)30-15-18-5-4-17(3)29-14-18/h4-11,14,16,21-22,33-34H,12-13,15H2,1-3H3,(H,30,37)(H,35,36)/t21-,22+/m0/s1. The summed E-state index contributed by atoms with van der Waals surface area (Å²) >= 11 is 0. The fourth-order valence-electron chi connectivity index (χ4n) is 3.83. The molecule has 4 N–H and O–H groups in total. The highest BCUT2D eigenvalue weighted by atomic mass is 19.1. The van der Waals surface area contributed by atoms with Gasteiger partial charge in [0.1, 0.15) is 5.82 Å². The third kappa shape index (κ3) is 7.55. The lowest BCUT2D eigenvalue weighted by atomic mass is 9.98. The summed E-state index contributed by atoms with van der Waals surface area (Å²) in [5.74, 6) is -2.15. The molecule has 10 heteroatoms. The number of aromatic nitrogens is 3. The number of carboxylic acid groups (broad SMARTS) is 1. The van der Waals surface area contributed by atoms with Crippen LogP contribution in [0.5, 0.6) is 0 Å². The van der Waals surface area contributed by atoms with Crippen LogP contribution in [-0.2, 0) is 11.3 Å². The van der Waals surface area contributed by atoms with E-state index in [0.717, 1.165) is 11.3 Å². The SMILES string of the molecule is Cc1ccc(CNC(=O)c2nn(-c3ccc(F)cc3)c(C=C[C@H](O)C[C@@H](O)CC(=O)O)c2C(C)C)cn1. The van der Waals surface area contributed by atoms with E-state index in [1.165, 1.54) is 35.0 Å². The number of aliphatic carboxylic acids is 1. The number of hydrogen-bond donors (Lipinski definition) is 4. The molecule has 1 aromatic carbocycles. The van der Waals surface area contributed by atoms with Gasteiger partial charge in [-0.1, -0.05) is 26.0 Å². The smallest absolute Gasteiger partial charge is 0.305 e. The molecular weight excluding hydrogens is 479 g/mol. The Labute approximate surface area is 214 Å². The van der Waals surface area contributed by atoms with E-state index < -0.39 is 36.3 Å². The second-order valence-corrected chi connectivity index (χ2v) is 9.09. The average molecular weight is 511 g/mol. The number of amides is 1. The van der Waals surface area contributed by atoms with Gasteiger partial charge < -0.3 is 20.6 Å². The monoisotopic (exact) mass is 510 g/mol. The van der Waals surface area contributed by atoms with Gasteiger partial charge in [-0.25, -0.2) is 9.07 Å². The molecule has 0 saturated carbocycles. The van der Waals surface area contributed by atoms with E-state index in [4.69, 9.17) is 5.11 Å². The van der Waals surface area contributed by atoms with Gasteiger partial charge in [0.25, 0.3) is 5.91 Å². The maximum absolute atomic E-state index is 13.6. The van der Waals surface area contributed by atoms with Gasteiger partial charge in [0.2, 0.25) is 0 Å². The normalized spacial score (nSPS) is 13.2. The van der Waals surface area contributed by atoms with Crippen molar-refractivity contribution in [2.45, 2.75) is 58.3 Å². The molecule has 0 unspecified atom stereocenters. The second kappa shape index (κ2) is 12.4. The van der Waals surface area contributed by atoms with Crippen molar-refractivity contribution in [2.75, 3.05) is 0 Å². The number of pyridine rings is 1. The third-order valence-corrected chi connectivity index (χ3v) is 5.65. The van der Waals surface area contributed by atoms with Gasteiger partial charge in [-0.05, 0) is 54.8 Å². The summed E-state index contributed by atoms with van der Waals surface area (Å²) in [5.41, 5.74) is 3.48. The Kier molecular flexibility index (Phi) is 9.26. The van der Waals surface area contributed by atoms with Gasteiger partial charge in [-0.15, -0.1) is 0 Å². The van der Waals surface area contributed by atoms with Crippen LogP contribution >= 0.6 is 0 Å². The van der Waals surface area contributed by atoms with Crippen LogP contribution in [0.2, 0.25) is 0 Å². The molecule has 0 fully saturated rings. The Balaban J connectivity index is 1.96. The Morgan fingerprint density at radius 1 is 1.14 bits per heavy atom. The first-order valence-electron chi connectivity index (χ1n) is 11.9. The number of aliphatic hydroxyl groups is 2. The van der Waals surface area contributed by atoms with Crippen molar-refractivity contribution in [1.82, 2.24) is 20.1 Å². The summed E-state index contributed by atoms with van der Waals surface area (Å²) < 4.78 is 15.1. The molecule has 3 aromatic rings. The number of nitrogens with one attached hydrogen (secondary N) is 1. The first kappa shape index (κ1) is 27.7. The van der Waals surface area contributed by atoms with Crippen LogP contribution in [0, 0.1) is 12.7 Å². The lowest BCUT2D eigenvalue weighted by molar-refractivity contribution is -0.139. The highest BCUT2D eigenvalue weighted by Crippen LogP contribution is 2.28. The molecule has 1 amide bonds. The van der Waals surface area contributed by atoms with Crippen molar-refractivity contribution >= 4 is 18.0 Å². The molecule has 0 spiro atoms. The number of carboxylic acids is 1. The maximum Gasteiger partial charge on any atom is 0.305 e. The third-order valence-electron chi connectivity index (χ3n) is 5.65. The summed E-state index contributed by atoms with van der Waals surface area (Å²) in [6.07, 6.45) is 1.64. The van der Waals surface area contributed by atoms with Crippen LogP contribution in [0.25, 0.3) is 11.8 Å². The van der Waals surface area contributed by atoms with Crippen LogP contribution in [0.15, 0.2) is 48.7 Å². The highest BCUT2D eigenvalue weighted by molar-refractivity contribution is 5.95. The molecular formula is C27H31FN4O5. The van der Waals surface area contributed by atoms with E-state index in [2.05, 4.69) is 15.4 Å². The van der Waals surface area contributed by atoms with E-state index in [-0.39, 0.29) is 24.6 Å². The molecule has 2 heterocycles. The summed E-state index contributed by atoms with van der Waals surface area (Å²) in [6, 6.07) is 9.33. The van der Waals surface area contributed by atoms with Gasteiger partial charge in [-0.2, -0.15) is 5.10 Å². The van der Waals surface area contributed by atoms with Gasteiger partial charge in [0.05, 0.1) is 30.0 Å². The minimum atomic E-state index is -1.22. The lowest BCUT2D eigenvalue weighted by Gasteiger charge is -2.12. The number of nitrogens with zero attached hydrogens (tertiary/aromatic N) is 3. The molecule has 3 rings (SSSR count). The highest BCUT2D eigenvalue weighted by Gasteiger charge is 2.25. The molecule has 2 aromatic heterocycles. The summed E-state index contributed by atoms with van der Waals surface area (Å²) in [5, 5.41) is 36.4. The predicted molar refractivity (Wildman–Crippen MR) is 136 cm³/mol. The topological polar surface area (TPSA) is 138 Å². The van der Waals surface area contributed by atoms with Crippen LogP contribution in [0.1, 0.15) is 65.6 Å². The molecule has 0 radical (unpaired) electrons. The van der Waals surface area contributed by atoms with Crippen molar-refractivity contribution in [2.24, 2.45) is 0 Å². The molecule has 0 aliphatic rings. The van der Waals surface area contributed by atoms with Crippen molar-refractivity contribution in [3.63, 3.8) is 0 Å². The number of hydrogen-bond acceptors (Lipinski definition) is 6. The number of rotatable bonds is 11. The zero-order valence-electron chi connectivity index (χ0n) is 20.9. The first-order valence-corrected chi connectivity index (χ1v) is 11.9. The Morgan fingerprint density at radius 2 is 1.84 bits per heavy atom. The zero-order valence-corrected chi connectivity index (χ0v) is 20.9. The Hall–Kier alpha value is -3.89. The fraction of sp³-hybridized carbons (Fsp3) is 0.333. The Morgan fingerprint density at radius 3 is 2.43 bits per heavy atom. The van der Waals surface area contributed by atoms with Crippen molar-refractivity contribution in [3.05, 3.63) is 82.7 Å². The molecule has 0 saturated heterocycles. The second-order valence-electron chi connectivity index (χ2n) is 9.09. The van der Waals surface area contributed by atoms with Crippen LogP contribution in [-0.4, -0.2) is 54.2 Å². The number of aryl methyl sites for hydroxylation is 1. The van der Waals surface area contributed by atoms with E-state index in [1.54, 1.807) is 12.3 Å². The van der Waals surface area contributed by atoms with Crippen LogP contribution in [0.3, 0.4) is 0 Å². The van der Waals surface area contributed by atoms with E-state index in [0.29, 0.717) is 16.9 Å². The van der Waals surface area contributed by atoms with Crippen molar-refractivity contribution < 1.29 is 29.3 Å². The summed E-state index contributed by atoms with van der Waals surface area (Å²) in [7, 11) is 0. The van der Waals surface area contributed by atoms with Gasteiger partial charge >= 0.3 is 5.97 Å². The van der Waals surface area contributed by atoms with E-state index >= 15 is 0 Å². The maximum atomic E-state index is 13.6. The molecule has 0 bridgehead atoms. The zero-order chi connectivity index (χ0) is 27.1. The number of carbonyl (C=O) groups excluding carboxylic acids is 1. The average Bonchev–Trinajstić information content (AvgIpc) is 3.22. The summed E-state index contributed by atoms with van der Waals surface area (Å²) in [4.78, 5) is 28.3. The van der Waals surface area contributed by atoms with Crippen molar-refractivity contribution in [3.8, 4) is 5.69 Å². The Bertz CT molecular complexity index is 1250. The number of halogens is 1. The first-order chi connectivity index (χ1) is 17.5. The van der Waals surface area contributed by atoms with Gasteiger partial charge in [0, 0.05) is 30.4 Å². The van der Waals surface area contributed by atoms with Gasteiger partial charge in [0.15, 0.2) is 5.69 Å². The number of benzene rings is 1. The largest absolute Gasteiger partial charge is 0.481 e. The molecule has 0 aliphatic carbocycles. The van der Waals surface area contributed by atoms with Crippen LogP contribution < -0.4 is 5.32 Å². The lowest BCUT2D eigenvalue weighted by Crippen LogP contribution is -2.24. The quantitative estimate of drug-likeness (QED) is 0.310. The molecule has 2 atom stereocenters. The minimum Gasteiger partial charge on any atom is -0.481 e. The van der Waals surface area contributed by atoms with Crippen LogP contribution in [0.4, 0.5) is 4.39 Å². The molecule has 196 valence electrons. The molecule has 37 heavy (non-hydrogen) atoms. The number of aliphatic hydroxyl groups excluding tert-OH is 2. The van der Waals surface area contributed by atoms with Crippen molar-refractivity contribution in [1.29, 1.82) is 0 Å².